The van der Waals surface area contributed by atoms with Crippen LogP contribution in [0.25, 0.3) is 5.65 Å². The number of halogens is 3. The Morgan fingerprint density at radius 2 is 2.00 bits per heavy atom. The molecule has 2 heterocycles. The molecule has 2 aromatic rings. The molecule has 0 unspecified atom stereocenters. The predicted molar refractivity (Wildman–Crippen MR) is 54.2 cm³/mol. The van der Waals surface area contributed by atoms with Crippen molar-refractivity contribution in [3.8, 4) is 0 Å². The van der Waals surface area contributed by atoms with Gasteiger partial charge in [0.05, 0.1) is 6.20 Å². The Bertz CT molecular complexity index is 790. The lowest BCUT2D eigenvalue weighted by molar-refractivity contribution is -0.144. The molecule has 2 aromatic heterocycles. The standard InChI is InChI=1S/C7H6F3N5O3S/c1-19(17,18)5-11-2-4-12-13-14(3-7(8,9)10)6(16)15(4)5/h2H,3H2,1H3. The largest absolute Gasteiger partial charge is 0.408 e. The summed E-state index contributed by atoms with van der Waals surface area (Å²) in [6.45, 7) is -1.67. The second-order valence-electron chi connectivity index (χ2n) is 3.65. The van der Waals surface area contributed by atoms with Crippen molar-refractivity contribution in [1.82, 2.24) is 24.4 Å². The average Bonchev–Trinajstić information content (AvgIpc) is 2.64. The third-order valence-corrected chi connectivity index (χ3v) is 2.99. The summed E-state index contributed by atoms with van der Waals surface area (Å²) in [4.78, 5) is 15.2. The first kappa shape index (κ1) is 13.5. The van der Waals surface area contributed by atoms with Gasteiger partial charge in [0.15, 0.2) is 5.65 Å². The second kappa shape index (κ2) is 4.01. The minimum Gasteiger partial charge on any atom is -0.245 e. The van der Waals surface area contributed by atoms with Crippen LogP contribution in [0.1, 0.15) is 0 Å². The van der Waals surface area contributed by atoms with Crippen molar-refractivity contribution in [2.45, 2.75) is 17.9 Å². The Kier molecular flexibility index (Phi) is 2.84. The average molecular weight is 297 g/mol. The summed E-state index contributed by atoms with van der Waals surface area (Å²) < 4.78 is 59.8. The van der Waals surface area contributed by atoms with Crippen LogP contribution in [0.15, 0.2) is 16.1 Å². The molecule has 8 nitrogen and oxygen atoms in total. The lowest BCUT2D eigenvalue weighted by Gasteiger charge is -2.07. The van der Waals surface area contributed by atoms with Crippen LogP contribution in [0.2, 0.25) is 0 Å². The molecule has 0 spiro atoms. The van der Waals surface area contributed by atoms with Crippen LogP contribution in [0, 0.1) is 0 Å². The van der Waals surface area contributed by atoms with Gasteiger partial charge in [-0.25, -0.2) is 22.6 Å². The molecule has 0 fully saturated rings. The smallest absolute Gasteiger partial charge is 0.245 e. The molecule has 19 heavy (non-hydrogen) atoms. The molecule has 12 heteroatoms. The summed E-state index contributed by atoms with van der Waals surface area (Å²) in [5, 5.41) is 5.69. The van der Waals surface area contributed by atoms with Crippen LogP contribution in [0.3, 0.4) is 0 Å². The molecule has 0 saturated heterocycles. The van der Waals surface area contributed by atoms with E-state index >= 15 is 0 Å². The first-order valence-corrected chi connectivity index (χ1v) is 6.57. The van der Waals surface area contributed by atoms with E-state index in [4.69, 9.17) is 0 Å². The van der Waals surface area contributed by atoms with Crippen LogP contribution < -0.4 is 5.69 Å². The lowest BCUT2D eigenvalue weighted by atomic mass is 10.6. The fourth-order valence-corrected chi connectivity index (χ4v) is 2.11. The van der Waals surface area contributed by atoms with Crippen LogP contribution in [-0.2, 0) is 16.4 Å². The SMILES string of the molecule is CS(=O)(=O)c1ncc2nnn(CC(F)(F)F)c(=O)n12. The van der Waals surface area contributed by atoms with Gasteiger partial charge in [0, 0.05) is 6.26 Å². The molecular weight excluding hydrogens is 291 g/mol. The topological polar surface area (TPSA) is 99.2 Å². The minimum absolute atomic E-state index is 0.0172. The summed E-state index contributed by atoms with van der Waals surface area (Å²) >= 11 is 0. The molecule has 104 valence electrons. The zero-order valence-corrected chi connectivity index (χ0v) is 10.1. The van der Waals surface area contributed by atoms with Crippen molar-refractivity contribution in [3.05, 3.63) is 16.7 Å². The fourth-order valence-electron chi connectivity index (χ4n) is 1.36. The van der Waals surface area contributed by atoms with Crippen LogP contribution in [0.4, 0.5) is 13.2 Å². The van der Waals surface area contributed by atoms with E-state index in [9.17, 15) is 26.4 Å². The Morgan fingerprint density at radius 3 is 2.53 bits per heavy atom. The molecule has 0 amide bonds. The normalized spacial score (nSPS) is 13.1. The third-order valence-electron chi connectivity index (χ3n) is 2.04. The number of alkyl halides is 3. The molecule has 2 rings (SSSR count). The Hall–Kier alpha value is -1.98. The van der Waals surface area contributed by atoms with Crippen LogP contribution in [-0.4, -0.2) is 45.2 Å². The monoisotopic (exact) mass is 297 g/mol. The number of sulfone groups is 1. The van der Waals surface area contributed by atoms with Crippen LogP contribution in [0.5, 0.6) is 0 Å². The Balaban J connectivity index is 2.74. The van der Waals surface area contributed by atoms with Gasteiger partial charge in [0.1, 0.15) is 6.54 Å². The predicted octanol–water partition coefficient (Wildman–Crippen LogP) is -0.748. The van der Waals surface area contributed by atoms with E-state index in [0.29, 0.717) is 4.40 Å². The van der Waals surface area contributed by atoms with Crippen molar-refractivity contribution in [2.24, 2.45) is 0 Å². The molecule has 0 aliphatic rings. The van der Waals surface area contributed by atoms with E-state index in [0.717, 1.165) is 12.5 Å². The molecule has 0 aromatic carbocycles. The number of hydrogen-bond acceptors (Lipinski definition) is 6. The minimum atomic E-state index is -4.68. The maximum atomic E-state index is 12.2. The van der Waals surface area contributed by atoms with E-state index in [-0.39, 0.29) is 10.3 Å². The number of fused-ring (bicyclic) bond motifs is 1. The summed E-state index contributed by atoms with van der Waals surface area (Å²) in [5.41, 5.74) is -1.52. The molecule has 0 aliphatic carbocycles. The van der Waals surface area contributed by atoms with E-state index in [1.165, 1.54) is 0 Å². The fraction of sp³-hybridized carbons (Fsp3) is 0.429. The van der Waals surface area contributed by atoms with Gasteiger partial charge in [-0.15, -0.1) is 5.10 Å². The van der Waals surface area contributed by atoms with Gasteiger partial charge < -0.3 is 0 Å². The van der Waals surface area contributed by atoms with Gasteiger partial charge in [-0.2, -0.15) is 17.9 Å². The summed E-state index contributed by atoms with van der Waals surface area (Å²) in [6, 6.07) is 0. The van der Waals surface area contributed by atoms with E-state index in [2.05, 4.69) is 15.3 Å². The number of imidazole rings is 1. The van der Waals surface area contributed by atoms with E-state index < -0.39 is 33.4 Å². The zero-order valence-electron chi connectivity index (χ0n) is 9.29. The molecule has 0 radical (unpaired) electrons. The number of hydrogen-bond donors (Lipinski definition) is 0. The van der Waals surface area contributed by atoms with E-state index in [1.807, 2.05) is 0 Å². The summed E-state index contributed by atoms with van der Waals surface area (Å²) in [5.74, 6) is 0. The summed E-state index contributed by atoms with van der Waals surface area (Å²) in [7, 11) is -3.88. The Labute approximate surface area is 103 Å². The quantitative estimate of drug-likeness (QED) is 0.723. The third kappa shape index (κ3) is 2.57. The van der Waals surface area contributed by atoms with Gasteiger partial charge in [-0.05, 0) is 0 Å². The van der Waals surface area contributed by atoms with Crippen molar-refractivity contribution in [2.75, 3.05) is 6.26 Å². The number of rotatable bonds is 2. The number of nitrogens with zero attached hydrogens (tertiary/aromatic N) is 5. The highest BCUT2D eigenvalue weighted by Crippen LogP contribution is 2.15. The van der Waals surface area contributed by atoms with Crippen molar-refractivity contribution < 1.29 is 21.6 Å². The highest BCUT2D eigenvalue weighted by atomic mass is 32.2. The van der Waals surface area contributed by atoms with Crippen molar-refractivity contribution >= 4 is 15.5 Å². The second-order valence-corrected chi connectivity index (χ2v) is 5.56. The maximum absolute atomic E-state index is 12.2. The maximum Gasteiger partial charge on any atom is 0.408 e. The number of aromatic nitrogens is 5. The lowest BCUT2D eigenvalue weighted by Crippen LogP contribution is -2.35. The van der Waals surface area contributed by atoms with Gasteiger partial charge in [-0.3, -0.25) is 0 Å². The highest BCUT2D eigenvalue weighted by molar-refractivity contribution is 7.90. The molecular formula is C7H6F3N5O3S. The summed E-state index contributed by atoms with van der Waals surface area (Å²) in [6.07, 6.45) is -2.98. The van der Waals surface area contributed by atoms with Gasteiger partial charge in [0.2, 0.25) is 15.0 Å². The molecule has 0 aliphatic heterocycles. The molecule has 0 saturated carbocycles. The molecule has 0 atom stereocenters. The zero-order chi connectivity index (χ0) is 14.4. The van der Waals surface area contributed by atoms with E-state index in [1.54, 1.807) is 0 Å². The van der Waals surface area contributed by atoms with Crippen molar-refractivity contribution in [3.63, 3.8) is 0 Å². The molecule has 0 N–H and O–H groups in total. The van der Waals surface area contributed by atoms with Crippen LogP contribution >= 0.6 is 0 Å². The van der Waals surface area contributed by atoms with Crippen molar-refractivity contribution in [1.29, 1.82) is 0 Å². The highest BCUT2D eigenvalue weighted by Gasteiger charge is 2.30. The first-order chi connectivity index (χ1) is 8.59. The van der Waals surface area contributed by atoms with Gasteiger partial charge in [-0.1, -0.05) is 5.21 Å². The van der Waals surface area contributed by atoms with Gasteiger partial charge >= 0.3 is 11.9 Å². The Morgan fingerprint density at radius 1 is 1.37 bits per heavy atom. The molecule has 0 bridgehead atoms. The van der Waals surface area contributed by atoms with Gasteiger partial charge in [0.25, 0.3) is 0 Å². The first-order valence-electron chi connectivity index (χ1n) is 4.68.